The lowest BCUT2D eigenvalue weighted by Crippen LogP contribution is -2.14. The van der Waals surface area contributed by atoms with Gasteiger partial charge < -0.3 is 9.15 Å². The van der Waals surface area contributed by atoms with Crippen molar-refractivity contribution in [2.75, 3.05) is 12.9 Å². The molecule has 0 spiro atoms. The van der Waals surface area contributed by atoms with Gasteiger partial charge in [0.2, 0.25) is 0 Å². The van der Waals surface area contributed by atoms with Crippen LogP contribution in [0.3, 0.4) is 0 Å². The van der Waals surface area contributed by atoms with Crippen molar-refractivity contribution < 1.29 is 22.4 Å². The SMILES string of the molecule is C=CCS(=O)(=O)c1c(C(=O)OC)cccc1-c1ccoc1.Clc1ccccc1. The van der Waals surface area contributed by atoms with Gasteiger partial charge in [-0.2, -0.15) is 0 Å². The number of furan rings is 1. The van der Waals surface area contributed by atoms with Crippen molar-refractivity contribution in [3.63, 3.8) is 0 Å². The summed E-state index contributed by atoms with van der Waals surface area (Å²) < 4.78 is 34.6. The number of sulfone groups is 1. The number of carbonyl (C=O) groups is 1. The second-order valence-electron chi connectivity index (χ2n) is 5.55. The van der Waals surface area contributed by atoms with Crippen LogP contribution in [0.4, 0.5) is 0 Å². The number of esters is 1. The molecule has 0 atom stereocenters. The summed E-state index contributed by atoms with van der Waals surface area (Å²) in [7, 11) is -2.51. The van der Waals surface area contributed by atoms with Crippen LogP contribution in [0.2, 0.25) is 5.02 Å². The molecular weight excluding hydrogens is 400 g/mol. The Labute approximate surface area is 169 Å². The van der Waals surface area contributed by atoms with Crippen LogP contribution in [0.1, 0.15) is 10.4 Å². The Kier molecular flexibility index (Phi) is 7.61. The van der Waals surface area contributed by atoms with Gasteiger partial charge in [-0.05, 0) is 24.3 Å². The third-order valence-electron chi connectivity index (χ3n) is 3.63. The minimum Gasteiger partial charge on any atom is -0.472 e. The quantitative estimate of drug-likeness (QED) is 0.429. The number of carbonyl (C=O) groups excluding carboxylic acids is 1. The van der Waals surface area contributed by atoms with Gasteiger partial charge in [0, 0.05) is 16.1 Å². The molecule has 0 bridgehead atoms. The first-order valence-corrected chi connectivity index (χ1v) is 10.2. The topological polar surface area (TPSA) is 73.6 Å². The first-order valence-electron chi connectivity index (χ1n) is 8.18. The minimum atomic E-state index is -3.71. The van der Waals surface area contributed by atoms with Crippen LogP contribution in [-0.4, -0.2) is 27.2 Å². The number of hydrogen-bond donors (Lipinski definition) is 0. The van der Waals surface area contributed by atoms with Crippen molar-refractivity contribution in [1.82, 2.24) is 0 Å². The van der Waals surface area contributed by atoms with Gasteiger partial charge in [-0.3, -0.25) is 0 Å². The molecule has 0 aliphatic heterocycles. The van der Waals surface area contributed by atoms with Gasteiger partial charge in [0.25, 0.3) is 0 Å². The Hall–Kier alpha value is -2.83. The highest BCUT2D eigenvalue weighted by Crippen LogP contribution is 2.31. The van der Waals surface area contributed by atoms with E-state index in [-0.39, 0.29) is 16.2 Å². The fourth-order valence-corrected chi connectivity index (χ4v) is 4.07. The highest BCUT2D eigenvalue weighted by atomic mass is 35.5. The van der Waals surface area contributed by atoms with Crippen LogP contribution in [0.25, 0.3) is 11.1 Å². The van der Waals surface area contributed by atoms with Gasteiger partial charge in [-0.15, -0.1) is 6.58 Å². The lowest BCUT2D eigenvalue weighted by Gasteiger charge is -2.12. The Morgan fingerprint density at radius 3 is 2.36 bits per heavy atom. The molecular formula is C21H19ClO5S. The molecule has 28 heavy (non-hydrogen) atoms. The predicted molar refractivity (Wildman–Crippen MR) is 109 cm³/mol. The molecule has 3 aromatic rings. The molecule has 0 saturated carbocycles. The normalized spacial score (nSPS) is 10.5. The van der Waals surface area contributed by atoms with Gasteiger partial charge in [-0.1, -0.05) is 48.0 Å². The Balaban J connectivity index is 0.000000336. The second-order valence-corrected chi connectivity index (χ2v) is 7.96. The monoisotopic (exact) mass is 418 g/mol. The van der Waals surface area contributed by atoms with Crippen LogP contribution in [0.5, 0.6) is 0 Å². The first-order chi connectivity index (χ1) is 13.4. The number of methoxy groups -OCH3 is 1. The van der Waals surface area contributed by atoms with Crippen molar-refractivity contribution in [3.05, 3.63) is 90.4 Å². The van der Waals surface area contributed by atoms with Gasteiger partial charge in [-0.25, -0.2) is 13.2 Å². The fourth-order valence-electron chi connectivity index (χ4n) is 2.44. The summed E-state index contributed by atoms with van der Waals surface area (Å²) in [6.07, 6.45) is 4.13. The van der Waals surface area contributed by atoms with Gasteiger partial charge in [0.15, 0.2) is 9.84 Å². The summed E-state index contributed by atoms with van der Waals surface area (Å²) in [5.74, 6) is -0.978. The van der Waals surface area contributed by atoms with E-state index >= 15 is 0 Å². The first kappa shape index (κ1) is 21.5. The molecule has 146 valence electrons. The molecule has 5 nitrogen and oxygen atoms in total. The number of halogens is 1. The van der Waals surface area contributed by atoms with Crippen LogP contribution in [0.15, 0.2) is 89.1 Å². The highest BCUT2D eigenvalue weighted by molar-refractivity contribution is 7.91. The van der Waals surface area contributed by atoms with Crippen molar-refractivity contribution >= 4 is 27.4 Å². The Morgan fingerprint density at radius 2 is 1.86 bits per heavy atom. The second kappa shape index (κ2) is 9.92. The molecule has 7 heteroatoms. The summed E-state index contributed by atoms with van der Waals surface area (Å²) in [5.41, 5.74) is 0.968. The third kappa shape index (κ3) is 5.34. The smallest absolute Gasteiger partial charge is 0.339 e. The molecule has 0 aliphatic carbocycles. The fraction of sp³-hybridized carbons (Fsp3) is 0.0952. The largest absolute Gasteiger partial charge is 0.472 e. The van der Waals surface area contributed by atoms with Crippen molar-refractivity contribution in [3.8, 4) is 11.1 Å². The van der Waals surface area contributed by atoms with E-state index < -0.39 is 15.8 Å². The molecule has 0 unspecified atom stereocenters. The van der Waals surface area contributed by atoms with E-state index in [1.165, 1.54) is 31.8 Å². The zero-order chi connectivity index (χ0) is 20.6. The summed E-state index contributed by atoms with van der Waals surface area (Å²) in [6.45, 7) is 3.44. The van der Waals surface area contributed by atoms with Crippen LogP contribution in [-0.2, 0) is 14.6 Å². The average Bonchev–Trinajstić information content (AvgIpc) is 3.22. The molecule has 2 aromatic carbocycles. The van der Waals surface area contributed by atoms with E-state index in [0.29, 0.717) is 11.1 Å². The summed E-state index contributed by atoms with van der Waals surface area (Å²) in [5, 5.41) is 0.794. The molecule has 1 heterocycles. The van der Waals surface area contributed by atoms with Crippen LogP contribution >= 0.6 is 11.6 Å². The molecule has 0 aliphatic rings. The maximum absolute atomic E-state index is 12.5. The van der Waals surface area contributed by atoms with Crippen molar-refractivity contribution in [2.45, 2.75) is 4.90 Å². The van der Waals surface area contributed by atoms with Gasteiger partial charge in [0.05, 0.1) is 35.8 Å². The number of rotatable bonds is 5. The summed E-state index contributed by atoms with van der Waals surface area (Å²) >= 11 is 5.54. The molecule has 0 amide bonds. The molecule has 0 N–H and O–H groups in total. The Bertz CT molecular complexity index is 1030. The number of benzene rings is 2. The standard InChI is InChI=1S/C15H14O5S.C6H5Cl/c1-3-9-21(17,18)14-12(11-7-8-20-10-11)5-4-6-13(14)15(16)19-2;7-6-4-2-1-3-5-6/h3-8,10H,1,9H2,2H3;1-5H. The van der Waals surface area contributed by atoms with E-state index in [1.54, 1.807) is 18.2 Å². The zero-order valence-electron chi connectivity index (χ0n) is 15.2. The molecule has 0 radical (unpaired) electrons. The van der Waals surface area contributed by atoms with Gasteiger partial charge in [0.1, 0.15) is 0 Å². The van der Waals surface area contributed by atoms with Crippen LogP contribution < -0.4 is 0 Å². The molecule has 3 rings (SSSR count). The lowest BCUT2D eigenvalue weighted by atomic mass is 10.1. The van der Waals surface area contributed by atoms with Gasteiger partial charge >= 0.3 is 5.97 Å². The third-order valence-corrected chi connectivity index (χ3v) is 5.62. The number of ether oxygens (including phenoxy) is 1. The van der Waals surface area contributed by atoms with E-state index in [2.05, 4.69) is 11.3 Å². The summed E-state index contributed by atoms with van der Waals surface area (Å²) in [6, 6.07) is 15.7. The van der Waals surface area contributed by atoms with E-state index in [9.17, 15) is 13.2 Å². The minimum absolute atomic E-state index is 0.00181. The number of hydrogen-bond acceptors (Lipinski definition) is 5. The highest BCUT2D eigenvalue weighted by Gasteiger charge is 2.26. The average molecular weight is 419 g/mol. The zero-order valence-corrected chi connectivity index (χ0v) is 16.7. The van der Waals surface area contributed by atoms with E-state index in [4.69, 9.17) is 16.0 Å². The van der Waals surface area contributed by atoms with Crippen molar-refractivity contribution in [1.29, 1.82) is 0 Å². The van der Waals surface area contributed by atoms with Crippen LogP contribution in [0, 0.1) is 0 Å². The molecule has 1 aromatic heterocycles. The summed E-state index contributed by atoms with van der Waals surface area (Å²) in [4.78, 5) is 11.8. The lowest BCUT2D eigenvalue weighted by molar-refractivity contribution is 0.0596. The molecule has 0 saturated heterocycles. The maximum atomic E-state index is 12.5. The van der Waals surface area contributed by atoms with E-state index in [1.807, 2.05) is 30.3 Å². The van der Waals surface area contributed by atoms with Crippen molar-refractivity contribution in [2.24, 2.45) is 0 Å². The predicted octanol–water partition coefficient (Wildman–Crippen LogP) is 5.03. The Morgan fingerprint density at radius 1 is 1.14 bits per heavy atom. The maximum Gasteiger partial charge on any atom is 0.339 e. The van der Waals surface area contributed by atoms with E-state index in [0.717, 1.165) is 5.02 Å². The molecule has 0 fully saturated rings.